The first-order valence-corrected chi connectivity index (χ1v) is 6.60. The monoisotopic (exact) mass is 285 g/mol. The Balaban J connectivity index is 2.90. The number of carbonyl (C=O) groups excluding carboxylic acids is 1. The number of nitrogens with zero attached hydrogens (tertiary/aromatic N) is 1. The van der Waals surface area contributed by atoms with Crippen LogP contribution in [0.25, 0.3) is 0 Å². The van der Waals surface area contributed by atoms with Crippen molar-refractivity contribution in [1.29, 1.82) is 0 Å². The fourth-order valence-corrected chi connectivity index (χ4v) is 2.16. The van der Waals surface area contributed by atoms with E-state index in [1.54, 1.807) is 7.05 Å². The Hall–Kier alpha value is -1.69. The molecule has 0 saturated carbocycles. The van der Waals surface area contributed by atoms with E-state index in [0.29, 0.717) is 19.4 Å². The Morgan fingerprint density at radius 3 is 2.40 bits per heavy atom. The van der Waals surface area contributed by atoms with Crippen LogP contribution in [0.4, 0.5) is 19.3 Å². The van der Waals surface area contributed by atoms with E-state index in [2.05, 4.69) is 5.32 Å². The van der Waals surface area contributed by atoms with Crippen LogP contribution in [0.15, 0.2) is 18.2 Å². The van der Waals surface area contributed by atoms with Gasteiger partial charge >= 0.3 is 6.03 Å². The highest BCUT2D eigenvalue weighted by atomic mass is 19.1. The second-order valence-corrected chi connectivity index (χ2v) is 4.75. The number of hydrogen-bond donors (Lipinski definition) is 2. The van der Waals surface area contributed by atoms with Crippen molar-refractivity contribution in [1.82, 2.24) is 4.90 Å². The average Bonchev–Trinajstić information content (AvgIpc) is 2.44. The lowest BCUT2D eigenvalue weighted by Crippen LogP contribution is -2.55. The molecule has 6 heteroatoms. The molecule has 0 aliphatic carbocycles. The quantitative estimate of drug-likeness (QED) is 0.874. The van der Waals surface area contributed by atoms with E-state index >= 15 is 0 Å². The Kier molecular flexibility index (Phi) is 5.44. The first-order valence-electron chi connectivity index (χ1n) is 6.60. The van der Waals surface area contributed by atoms with E-state index < -0.39 is 23.2 Å². The van der Waals surface area contributed by atoms with E-state index in [4.69, 9.17) is 5.73 Å². The normalized spacial score (nSPS) is 11.3. The molecule has 4 nitrogen and oxygen atoms in total. The number of rotatable bonds is 5. The number of urea groups is 1. The summed E-state index contributed by atoms with van der Waals surface area (Å²) in [7, 11) is 1.62. The van der Waals surface area contributed by atoms with Gasteiger partial charge in [0.2, 0.25) is 0 Å². The summed E-state index contributed by atoms with van der Waals surface area (Å²) in [6.07, 6.45) is 1.38. The summed E-state index contributed by atoms with van der Waals surface area (Å²) in [6.45, 7) is 4.20. The molecule has 2 amide bonds. The second-order valence-electron chi connectivity index (χ2n) is 4.75. The molecule has 3 N–H and O–H groups in total. The third kappa shape index (κ3) is 3.25. The molecule has 112 valence electrons. The number of anilines is 1. The fourth-order valence-electron chi connectivity index (χ4n) is 2.16. The highest BCUT2D eigenvalue weighted by molar-refractivity contribution is 5.89. The van der Waals surface area contributed by atoms with Crippen molar-refractivity contribution in [3.05, 3.63) is 29.8 Å². The molecule has 1 aromatic carbocycles. The minimum Gasteiger partial charge on any atom is -0.328 e. The van der Waals surface area contributed by atoms with Gasteiger partial charge in [-0.05, 0) is 25.0 Å². The maximum atomic E-state index is 13.5. The van der Waals surface area contributed by atoms with Gasteiger partial charge in [0, 0.05) is 19.7 Å². The Morgan fingerprint density at radius 1 is 1.35 bits per heavy atom. The van der Waals surface area contributed by atoms with E-state index in [1.807, 2.05) is 13.8 Å². The largest absolute Gasteiger partial charge is 0.328 e. The smallest absolute Gasteiger partial charge is 0.322 e. The molecule has 0 fully saturated rings. The van der Waals surface area contributed by atoms with Gasteiger partial charge in [0.15, 0.2) is 0 Å². The van der Waals surface area contributed by atoms with Crippen LogP contribution < -0.4 is 11.1 Å². The zero-order valence-electron chi connectivity index (χ0n) is 12.0. The molecule has 0 radical (unpaired) electrons. The first-order chi connectivity index (χ1) is 9.40. The van der Waals surface area contributed by atoms with E-state index in [0.717, 1.165) is 12.1 Å². The third-order valence-corrected chi connectivity index (χ3v) is 3.89. The van der Waals surface area contributed by atoms with Gasteiger partial charge in [-0.2, -0.15) is 0 Å². The van der Waals surface area contributed by atoms with Gasteiger partial charge in [0.25, 0.3) is 0 Å². The summed E-state index contributed by atoms with van der Waals surface area (Å²) in [4.78, 5) is 13.7. The summed E-state index contributed by atoms with van der Waals surface area (Å²) < 4.78 is 26.3. The Labute approximate surface area is 117 Å². The lowest BCUT2D eigenvalue weighted by Gasteiger charge is -2.39. The Morgan fingerprint density at radius 2 is 1.95 bits per heavy atom. The molecule has 0 aliphatic heterocycles. The maximum absolute atomic E-state index is 13.5. The molecule has 0 heterocycles. The topological polar surface area (TPSA) is 58.4 Å². The van der Waals surface area contributed by atoms with Crippen LogP contribution in [0, 0.1) is 11.6 Å². The molecule has 0 spiro atoms. The first kappa shape index (κ1) is 16.4. The SMILES string of the molecule is CCC(CC)(CN)N(C)C(=O)Nc1ccc(F)cc1F. The summed E-state index contributed by atoms with van der Waals surface area (Å²) in [5, 5.41) is 2.44. The number of nitrogens with two attached hydrogens (primary N) is 1. The van der Waals surface area contributed by atoms with Crippen molar-refractivity contribution in [3.8, 4) is 0 Å². The van der Waals surface area contributed by atoms with Gasteiger partial charge in [-0.1, -0.05) is 13.8 Å². The van der Waals surface area contributed by atoms with Crippen molar-refractivity contribution in [2.24, 2.45) is 5.73 Å². The van der Waals surface area contributed by atoms with E-state index in [9.17, 15) is 13.6 Å². The number of benzene rings is 1. The number of carbonyl (C=O) groups is 1. The summed E-state index contributed by atoms with van der Waals surface area (Å²) in [6, 6.07) is 2.54. The maximum Gasteiger partial charge on any atom is 0.322 e. The van der Waals surface area contributed by atoms with Crippen molar-refractivity contribution in [3.63, 3.8) is 0 Å². The van der Waals surface area contributed by atoms with Crippen LogP contribution in [0.3, 0.4) is 0 Å². The lowest BCUT2D eigenvalue weighted by atomic mass is 9.91. The zero-order valence-corrected chi connectivity index (χ0v) is 12.0. The molecule has 1 rings (SSSR count). The second kappa shape index (κ2) is 6.65. The van der Waals surface area contributed by atoms with Crippen LogP contribution >= 0.6 is 0 Å². The average molecular weight is 285 g/mol. The van der Waals surface area contributed by atoms with Crippen molar-refractivity contribution in [2.45, 2.75) is 32.2 Å². The van der Waals surface area contributed by atoms with Gasteiger partial charge in [0.1, 0.15) is 11.6 Å². The lowest BCUT2D eigenvalue weighted by molar-refractivity contribution is 0.140. The number of amides is 2. The van der Waals surface area contributed by atoms with Gasteiger partial charge < -0.3 is 16.0 Å². The highest BCUT2D eigenvalue weighted by Gasteiger charge is 2.33. The summed E-state index contributed by atoms with van der Waals surface area (Å²) >= 11 is 0. The number of hydrogen-bond acceptors (Lipinski definition) is 2. The summed E-state index contributed by atoms with van der Waals surface area (Å²) in [5.41, 5.74) is 5.24. The molecule has 0 bridgehead atoms. The molecule has 0 aliphatic rings. The van der Waals surface area contributed by atoms with Crippen LogP contribution in [-0.2, 0) is 0 Å². The number of halogens is 2. The molecule has 0 aromatic heterocycles. The van der Waals surface area contributed by atoms with Crippen molar-refractivity contribution < 1.29 is 13.6 Å². The minimum absolute atomic E-state index is 0.0543. The van der Waals surface area contributed by atoms with E-state index in [-0.39, 0.29) is 5.69 Å². The van der Waals surface area contributed by atoms with Gasteiger partial charge in [0.05, 0.1) is 11.2 Å². The predicted molar refractivity (Wildman–Crippen MR) is 75.5 cm³/mol. The molecular formula is C14H21F2N3O. The minimum atomic E-state index is -0.807. The highest BCUT2D eigenvalue weighted by Crippen LogP contribution is 2.23. The molecule has 0 saturated heterocycles. The third-order valence-electron chi connectivity index (χ3n) is 3.89. The molecule has 1 aromatic rings. The molecular weight excluding hydrogens is 264 g/mol. The van der Waals surface area contributed by atoms with Crippen LogP contribution in [0.1, 0.15) is 26.7 Å². The van der Waals surface area contributed by atoms with Crippen LogP contribution in [-0.4, -0.2) is 30.1 Å². The van der Waals surface area contributed by atoms with Crippen molar-refractivity contribution >= 4 is 11.7 Å². The number of nitrogens with one attached hydrogen (secondary N) is 1. The predicted octanol–water partition coefficient (Wildman–Crippen LogP) is 2.95. The van der Waals surface area contributed by atoms with E-state index in [1.165, 1.54) is 11.0 Å². The fraction of sp³-hybridized carbons (Fsp3) is 0.500. The van der Waals surface area contributed by atoms with Crippen LogP contribution in [0.5, 0.6) is 0 Å². The summed E-state index contributed by atoms with van der Waals surface area (Å²) in [5.74, 6) is -1.50. The molecule has 0 atom stereocenters. The van der Waals surface area contributed by atoms with Gasteiger partial charge in [-0.25, -0.2) is 13.6 Å². The van der Waals surface area contributed by atoms with Gasteiger partial charge in [-0.15, -0.1) is 0 Å². The molecule has 20 heavy (non-hydrogen) atoms. The standard InChI is InChI=1S/C14H21F2N3O/c1-4-14(5-2,9-17)19(3)13(20)18-12-7-6-10(15)8-11(12)16/h6-8H,4-5,9,17H2,1-3H3,(H,18,20). The zero-order chi connectivity index (χ0) is 15.3. The van der Waals surface area contributed by atoms with Crippen LogP contribution in [0.2, 0.25) is 0 Å². The molecule has 0 unspecified atom stereocenters. The van der Waals surface area contributed by atoms with Crippen molar-refractivity contribution in [2.75, 3.05) is 18.9 Å². The number of likely N-dealkylation sites (N-methyl/N-ethyl adjacent to an activating group) is 1. The van der Waals surface area contributed by atoms with Gasteiger partial charge in [-0.3, -0.25) is 0 Å². The Bertz CT molecular complexity index is 467.